The molecule has 0 fully saturated rings. The van der Waals surface area contributed by atoms with E-state index >= 15 is 0 Å². The lowest BCUT2D eigenvalue weighted by atomic mass is 10.3. The number of benzene rings is 1. The molecule has 0 aliphatic heterocycles. The first-order valence-corrected chi connectivity index (χ1v) is 4.81. The van der Waals surface area contributed by atoms with Crippen LogP contribution in [0, 0.1) is 0 Å². The Hall–Kier alpha value is -2.22. The van der Waals surface area contributed by atoms with E-state index in [9.17, 15) is 0 Å². The van der Waals surface area contributed by atoms with Crippen molar-refractivity contribution in [2.24, 2.45) is 0 Å². The second-order valence-electron chi connectivity index (χ2n) is 3.44. The zero-order valence-corrected chi connectivity index (χ0v) is 9.59. The average Bonchev–Trinajstić information content (AvgIpc) is 2.86. The SMILES string of the molecule is O.O.O.c1ccc2[nH]c(Cn3ccnc3)nc2c1. The molecule has 0 aliphatic carbocycles. The van der Waals surface area contributed by atoms with Crippen LogP contribution in [-0.2, 0) is 6.54 Å². The first-order valence-electron chi connectivity index (χ1n) is 4.81. The molecule has 0 spiro atoms. The van der Waals surface area contributed by atoms with Gasteiger partial charge in [-0.05, 0) is 12.1 Å². The molecule has 0 aliphatic rings. The van der Waals surface area contributed by atoms with Crippen LogP contribution in [0.2, 0.25) is 0 Å². The number of nitrogens with zero attached hydrogens (tertiary/aromatic N) is 3. The van der Waals surface area contributed by atoms with Crippen LogP contribution in [0.5, 0.6) is 0 Å². The van der Waals surface area contributed by atoms with Crippen LogP contribution < -0.4 is 0 Å². The summed E-state index contributed by atoms with van der Waals surface area (Å²) in [6.07, 6.45) is 5.48. The number of aromatic nitrogens is 4. The minimum Gasteiger partial charge on any atom is -0.412 e. The maximum absolute atomic E-state index is 4.48. The fraction of sp³-hybridized carbons (Fsp3) is 0.0909. The van der Waals surface area contributed by atoms with Gasteiger partial charge in [-0.2, -0.15) is 0 Å². The van der Waals surface area contributed by atoms with Crippen LogP contribution in [0.25, 0.3) is 11.0 Å². The third kappa shape index (κ3) is 2.92. The van der Waals surface area contributed by atoms with Gasteiger partial charge in [0, 0.05) is 12.4 Å². The lowest BCUT2D eigenvalue weighted by Gasteiger charge is -1.95. The summed E-state index contributed by atoms with van der Waals surface area (Å²) in [7, 11) is 0. The Labute approximate surface area is 103 Å². The highest BCUT2D eigenvalue weighted by molar-refractivity contribution is 5.74. The second kappa shape index (κ2) is 6.50. The number of hydrogen-bond acceptors (Lipinski definition) is 2. The smallest absolute Gasteiger partial charge is 0.127 e. The Kier molecular flexibility index (Phi) is 5.70. The number of para-hydroxylation sites is 2. The summed E-state index contributed by atoms with van der Waals surface area (Å²) in [4.78, 5) is 11.8. The molecule has 0 unspecified atom stereocenters. The predicted octanol–water partition coefficient (Wildman–Crippen LogP) is -0.666. The third-order valence-corrected chi connectivity index (χ3v) is 2.33. The largest absolute Gasteiger partial charge is 0.412 e. The first kappa shape index (κ1) is 15.8. The number of rotatable bonds is 2. The quantitative estimate of drug-likeness (QED) is 0.646. The van der Waals surface area contributed by atoms with E-state index in [0.717, 1.165) is 23.4 Å². The van der Waals surface area contributed by atoms with Crippen molar-refractivity contribution in [3.05, 3.63) is 48.8 Å². The van der Waals surface area contributed by atoms with Gasteiger partial charge in [-0.1, -0.05) is 12.1 Å². The van der Waals surface area contributed by atoms with E-state index in [0.29, 0.717) is 0 Å². The number of nitrogens with one attached hydrogen (secondary N) is 1. The van der Waals surface area contributed by atoms with E-state index < -0.39 is 0 Å². The van der Waals surface area contributed by atoms with E-state index in [-0.39, 0.29) is 16.4 Å². The maximum atomic E-state index is 4.48. The molecular formula is C11H16N4O3. The lowest BCUT2D eigenvalue weighted by molar-refractivity contribution is 0.758. The summed E-state index contributed by atoms with van der Waals surface area (Å²) in [6, 6.07) is 8.02. The third-order valence-electron chi connectivity index (χ3n) is 2.33. The molecule has 0 saturated carbocycles. The van der Waals surface area contributed by atoms with Crippen molar-refractivity contribution in [1.82, 2.24) is 19.5 Å². The predicted molar refractivity (Wildman–Crippen MR) is 68.3 cm³/mol. The zero-order valence-electron chi connectivity index (χ0n) is 9.59. The molecule has 7 N–H and O–H groups in total. The van der Waals surface area contributed by atoms with E-state index in [1.165, 1.54) is 0 Å². The zero-order chi connectivity index (χ0) is 10.1. The standard InChI is InChI=1S/C11H10N4.3H2O/c1-2-4-10-9(3-1)13-11(14-10)7-15-6-5-12-8-15;;;/h1-6,8H,7H2,(H,13,14);3*1H2. The van der Waals surface area contributed by atoms with Crippen LogP contribution in [0.4, 0.5) is 0 Å². The van der Waals surface area contributed by atoms with Crippen molar-refractivity contribution < 1.29 is 16.4 Å². The van der Waals surface area contributed by atoms with Gasteiger partial charge in [-0.3, -0.25) is 0 Å². The van der Waals surface area contributed by atoms with E-state index in [1.54, 1.807) is 12.5 Å². The molecule has 0 atom stereocenters. The van der Waals surface area contributed by atoms with Gasteiger partial charge in [0.25, 0.3) is 0 Å². The molecule has 2 aromatic heterocycles. The summed E-state index contributed by atoms with van der Waals surface area (Å²) in [5, 5.41) is 0. The molecule has 0 saturated heterocycles. The Morgan fingerprint density at radius 1 is 1.11 bits per heavy atom. The summed E-state index contributed by atoms with van der Waals surface area (Å²) in [5.74, 6) is 0.953. The van der Waals surface area contributed by atoms with Crippen molar-refractivity contribution >= 4 is 11.0 Å². The Balaban J connectivity index is 0.000000963. The van der Waals surface area contributed by atoms with Gasteiger partial charge >= 0.3 is 0 Å². The molecule has 0 bridgehead atoms. The molecule has 98 valence electrons. The van der Waals surface area contributed by atoms with Gasteiger partial charge in [0.15, 0.2) is 0 Å². The average molecular weight is 252 g/mol. The van der Waals surface area contributed by atoms with Crippen LogP contribution in [0.3, 0.4) is 0 Å². The highest BCUT2D eigenvalue weighted by Gasteiger charge is 2.01. The fourth-order valence-corrected chi connectivity index (χ4v) is 1.63. The minimum atomic E-state index is 0. The van der Waals surface area contributed by atoms with E-state index in [1.807, 2.05) is 35.0 Å². The van der Waals surface area contributed by atoms with Gasteiger partial charge in [0.05, 0.1) is 23.9 Å². The van der Waals surface area contributed by atoms with Gasteiger partial charge in [-0.15, -0.1) is 0 Å². The van der Waals surface area contributed by atoms with Crippen LogP contribution in [-0.4, -0.2) is 35.9 Å². The highest BCUT2D eigenvalue weighted by atomic mass is 16.0. The van der Waals surface area contributed by atoms with Crippen molar-refractivity contribution in [2.75, 3.05) is 0 Å². The maximum Gasteiger partial charge on any atom is 0.127 e. The number of fused-ring (bicyclic) bond motifs is 1. The lowest BCUT2D eigenvalue weighted by Crippen LogP contribution is -1.97. The van der Waals surface area contributed by atoms with Crippen molar-refractivity contribution in [2.45, 2.75) is 6.54 Å². The Morgan fingerprint density at radius 3 is 2.56 bits per heavy atom. The summed E-state index contributed by atoms with van der Waals surface area (Å²) in [6.45, 7) is 0.731. The van der Waals surface area contributed by atoms with Crippen molar-refractivity contribution in [3.63, 3.8) is 0 Å². The Bertz CT molecular complexity index is 544. The molecule has 2 heterocycles. The molecule has 18 heavy (non-hydrogen) atoms. The van der Waals surface area contributed by atoms with Crippen LogP contribution in [0.1, 0.15) is 5.82 Å². The van der Waals surface area contributed by atoms with Crippen molar-refractivity contribution in [1.29, 1.82) is 0 Å². The second-order valence-corrected chi connectivity index (χ2v) is 3.44. The fourth-order valence-electron chi connectivity index (χ4n) is 1.63. The van der Waals surface area contributed by atoms with Gasteiger partial charge < -0.3 is 26.0 Å². The molecule has 0 radical (unpaired) electrons. The van der Waals surface area contributed by atoms with Gasteiger partial charge in [0.1, 0.15) is 5.82 Å². The van der Waals surface area contributed by atoms with E-state index in [4.69, 9.17) is 0 Å². The number of hydrogen-bond donors (Lipinski definition) is 1. The molecule has 1 aromatic carbocycles. The highest BCUT2D eigenvalue weighted by Crippen LogP contribution is 2.10. The molecule has 7 heteroatoms. The van der Waals surface area contributed by atoms with Gasteiger partial charge in [-0.25, -0.2) is 9.97 Å². The monoisotopic (exact) mass is 252 g/mol. The summed E-state index contributed by atoms with van der Waals surface area (Å²) in [5.41, 5.74) is 2.08. The van der Waals surface area contributed by atoms with Crippen molar-refractivity contribution in [3.8, 4) is 0 Å². The van der Waals surface area contributed by atoms with Crippen LogP contribution >= 0.6 is 0 Å². The molecule has 7 nitrogen and oxygen atoms in total. The molecule has 3 aromatic rings. The first-order chi connectivity index (χ1) is 7.42. The minimum absolute atomic E-state index is 0. The number of H-pyrrole nitrogens is 1. The molecular weight excluding hydrogens is 236 g/mol. The van der Waals surface area contributed by atoms with Crippen LogP contribution in [0.15, 0.2) is 43.0 Å². The topological polar surface area (TPSA) is 141 Å². The number of aromatic amines is 1. The van der Waals surface area contributed by atoms with E-state index in [2.05, 4.69) is 15.0 Å². The normalized spacial score (nSPS) is 9.11. The Morgan fingerprint density at radius 2 is 1.89 bits per heavy atom. The number of imidazole rings is 2. The molecule has 3 rings (SSSR count). The summed E-state index contributed by atoms with van der Waals surface area (Å²) >= 11 is 0. The molecule has 0 amide bonds. The summed E-state index contributed by atoms with van der Waals surface area (Å²) < 4.78 is 1.98. The van der Waals surface area contributed by atoms with Gasteiger partial charge in [0.2, 0.25) is 0 Å².